The quantitative estimate of drug-likeness (QED) is 0.554. The molecule has 0 bridgehead atoms. The zero-order chi connectivity index (χ0) is 22.6. The first-order chi connectivity index (χ1) is 14.7. The van der Waals surface area contributed by atoms with Crippen molar-refractivity contribution in [1.82, 2.24) is 15.4 Å². The van der Waals surface area contributed by atoms with Crippen molar-refractivity contribution in [3.8, 4) is 0 Å². The van der Waals surface area contributed by atoms with Crippen LogP contribution in [-0.2, 0) is 21.4 Å². The third kappa shape index (κ3) is 6.38. The number of rotatable bonds is 9. The van der Waals surface area contributed by atoms with E-state index < -0.39 is 16.1 Å². The molecule has 1 aliphatic rings. The molecule has 166 valence electrons. The van der Waals surface area contributed by atoms with E-state index in [-0.39, 0.29) is 35.2 Å². The molecule has 1 saturated carbocycles. The second-order valence-corrected chi connectivity index (χ2v) is 10.0. The molecule has 0 aliphatic heterocycles. The summed E-state index contributed by atoms with van der Waals surface area (Å²) in [5.74, 6) is -0.687. The van der Waals surface area contributed by atoms with Gasteiger partial charge in [0.05, 0.1) is 4.90 Å². The molecule has 0 radical (unpaired) electrons. The molecule has 0 spiro atoms. The summed E-state index contributed by atoms with van der Waals surface area (Å²) in [5, 5.41) is 5.64. The number of aryl methyl sites for hydroxylation is 1. The summed E-state index contributed by atoms with van der Waals surface area (Å²) in [5.41, 5.74) is 2.25. The van der Waals surface area contributed by atoms with Crippen molar-refractivity contribution in [3.05, 3.63) is 65.2 Å². The molecule has 1 atom stereocenters. The van der Waals surface area contributed by atoms with Gasteiger partial charge in [-0.05, 0) is 55.5 Å². The molecule has 8 heteroatoms. The van der Waals surface area contributed by atoms with Gasteiger partial charge < -0.3 is 10.6 Å². The smallest absolute Gasteiger partial charge is 0.251 e. The fourth-order valence-electron chi connectivity index (χ4n) is 3.12. The Labute approximate surface area is 183 Å². The highest BCUT2D eigenvalue weighted by Crippen LogP contribution is 2.22. The number of hydrogen-bond donors (Lipinski definition) is 3. The second kappa shape index (κ2) is 9.62. The van der Waals surface area contributed by atoms with Crippen LogP contribution in [0.25, 0.3) is 0 Å². The molecule has 2 aromatic carbocycles. The molecule has 31 heavy (non-hydrogen) atoms. The summed E-state index contributed by atoms with van der Waals surface area (Å²) in [6.45, 7) is 5.88. The second-order valence-electron chi connectivity index (χ2n) is 8.32. The number of sulfonamides is 1. The van der Waals surface area contributed by atoms with Gasteiger partial charge in [-0.15, -0.1) is 0 Å². The first-order valence-corrected chi connectivity index (χ1v) is 11.9. The Morgan fingerprint density at radius 3 is 2.32 bits per heavy atom. The number of carbonyl (C=O) groups excluding carboxylic acids is 2. The van der Waals surface area contributed by atoms with E-state index in [1.807, 2.05) is 26.8 Å². The van der Waals surface area contributed by atoms with Crippen LogP contribution in [0, 0.1) is 12.8 Å². The zero-order valence-corrected chi connectivity index (χ0v) is 18.8. The molecule has 7 nitrogen and oxygen atoms in total. The fraction of sp³-hybridized carbons (Fsp3) is 0.391. The van der Waals surface area contributed by atoms with E-state index in [0.717, 1.165) is 24.0 Å². The van der Waals surface area contributed by atoms with Crippen LogP contribution in [-0.4, -0.2) is 32.3 Å². The van der Waals surface area contributed by atoms with E-state index in [4.69, 9.17) is 0 Å². The Hall–Kier alpha value is -2.71. The maximum absolute atomic E-state index is 12.7. The van der Waals surface area contributed by atoms with Gasteiger partial charge in [-0.3, -0.25) is 9.59 Å². The molecule has 3 rings (SSSR count). The van der Waals surface area contributed by atoms with Gasteiger partial charge in [0.15, 0.2) is 0 Å². The summed E-state index contributed by atoms with van der Waals surface area (Å²) in [4.78, 5) is 25.5. The van der Waals surface area contributed by atoms with Crippen LogP contribution in [0.3, 0.4) is 0 Å². The van der Waals surface area contributed by atoms with Crippen molar-refractivity contribution in [3.63, 3.8) is 0 Å². The van der Waals surface area contributed by atoms with Crippen LogP contribution in [0.1, 0.15) is 48.2 Å². The minimum atomic E-state index is -3.50. The lowest BCUT2D eigenvalue weighted by Crippen LogP contribution is -2.49. The predicted octanol–water partition coefficient (Wildman–Crippen LogP) is 2.51. The Kier molecular flexibility index (Phi) is 7.12. The normalized spacial score (nSPS) is 14.8. The van der Waals surface area contributed by atoms with Gasteiger partial charge in [-0.2, -0.15) is 0 Å². The van der Waals surface area contributed by atoms with Crippen LogP contribution in [0.2, 0.25) is 0 Å². The maximum Gasteiger partial charge on any atom is 0.251 e. The minimum Gasteiger partial charge on any atom is -0.350 e. The van der Waals surface area contributed by atoms with Crippen molar-refractivity contribution in [1.29, 1.82) is 0 Å². The molecule has 2 aromatic rings. The van der Waals surface area contributed by atoms with Crippen molar-refractivity contribution in [2.24, 2.45) is 5.92 Å². The number of benzene rings is 2. The van der Waals surface area contributed by atoms with E-state index in [2.05, 4.69) is 15.4 Å². The van der Waals surface area contributed by atoms with Crippen LogP contribution >= 0.6 is 0 Å². The highest BCUT2D eigenvalue weighted by Gasteiger charge is 2.28. The fourth-order valence-corrected chi connectivity index (χ4v) is 4.43. The Balaban J connectivity index is 1.59. The predicted molar refractivity (Wildman–Crippen MR) is 119 cm³/mol. The average Bonchev–Trinajstić information content (AvgIpc) is 3.53. The third-order valence-electron chi connectivity index (χ3n) is 5.12. The van der Waals surface area contributed by atoms with E-state index in [1.54, 1.807) is 30.3 Å². The van der Waals surface area contributed by atoms with Crippen molar-refractivity contribution in [2.75, 3.05) is 0 Å². The number of nitrogens with one attached hydrogen (secondary N) is 3. The molecule has 0 aromatic heterocycles. The summed E-state index contributed by atoms with van der Waals surface area (Å²) in [7, 11) is -3.50. The van der Waals surface area contributed by atoms with E-state index >= 15 is 0 Å². The molecule has 0 saturated heterocycles. The molecule has 2 amide bonds. The van der Waals surface area contributed by atoms with Crippen molar-refractivity contribution >= 4 is 21.8 Å². The van der Waals surface area contributed by atoms with Crippen LogP contribution < -0.4 is 15.4 Å². The topological polar surface area (TPSA) is 104 Å². The lowest BCUT2D eigenvalue weighted by molar-refractivity contribution is -0.124. The molecular weight excluding hydrogens is 414 g/mol. The standard InChI is InChI=1S/C23H29N3O4S/c1-15(2)21(25-22(27)18-6-4-5-16(3)13-18)23(28)24-14-17-7-11-20(12-8-17)31(29,30)26-19-9-10-19/h4-8,11-13,15,19,21,26H,9-10,14H2,1-3H3,(H,24,28)(H,25,27). The van der Waals surface area contributed by atoms with Gasteiger partial charge in [0.1, 0.15) is 6.04 Å². The van der Waals surface area contributed by atoms with E-state index in [0.29, 0.717) is 5.56 Å². The summed E-state index contributed by atoms with van der Waals surface area (Å²) in [6, 6.07) is 13.0. The van der Waals surface area contributed by atoms with Crippen LogP contribution in [0.4, 0.5) is 0 Å². The van der Waals surface area contributed by atoms with Crippen molar-refractivity contribution < 1.29 is 18.0 Å². The Morgan fingerprint density at radius 1 is 1.06 bits per heavy atom. The Bertz CT molecular complexity index is 1040. The summed E-state index contributed by atoms with van der Waals surface area (Å²) in [6.07, 6.45) is 1.75. The monoisotopic (exact) mass is 443 g/mol. The van der Waals surface area contributed by atoms with Gasteiger partial charge in [0.2, 0.25) is 15.9 Å². The number of carbonyl (C=O) groups is 2. The number of amides is 2. The first kappa shape index (κ1) is 23.0. The summed E-state index contributed by atoms with van der Waals surface area (Å²) < 4.78 is 27.1. The lowest BCUT2D eigenvalue weighted by atomic mass is 10.0. The van der Waals surface area contributed by atoms with E-state index in [1.165, 1.54) is 12.1 Å². The largest absolute Gasteiger partial charge is 0.350 e. The third-order valence-corrected chi connectivity index (χ3v) is 6.65. The zero-order valence-electron chi connectivity index (χ0n) is 18.0. The SMILES string of the molecule is Cc1cccc(C(=O)NC(C(=O)NCc2ccc(S(=O)(=O)NC3CC3)cc2)C(C)C)c1. The molecule has 3 N–H and O–H groups in total. The highest BCUT2D eigenvalue weighted by atomic mass is 32.2. The molecule has 1 fully saturated rings. The Morgan fingerprint density at radius 2 is 1.74 bits per heavy atom. The lowest BCUT2D eigenvalue weighted by Gasteiger charge is -2.22. The minimum absolute atomic E-state index is 0.0481. The van der Waals surface area contributed by atoms with Gasteiger partial charge in [0.25, 0.3) is 5.91 Å². The van der Waals surface area contributed by atoms with Crippen LogP contribution in [0.5, 0.6) is 0 Å². The van der Waals surface area contributed by atoms with Crippen LogP contribution in [0.15, 0.2) is 53.4 Å². The molecule has 1 unspecified atom stereocenters. The first-order valence-electron chi connectivity index (χ1n) is 10.4. The summed E-state index contributed by atoms with van der Waals surface area (Å²) >= 11 is 0. The maximum atomic E-state index is 12.7. The average molecular weight is 444 g/mol. The van der Waals surface area contributed by atoms with Gasteiger partial charge in [-0.1, -0.05) is 43.7 Å². The van der Waals surface area contributed by atoms with Gasteiger partial charge >= 0.3 is 0 Å². The molecule has 0 heterocycles. The van der Waals surface area contributed by atoms with E-state index in [9.17, 15) is 18.0 Å². The number of hydrogen-bond acceptors (Lipinski definition) is 4. The highest BCUT2D eigenvalue weighted by molar-refractivity contribution is 7.89. The van der Waals surface area contributed by atoms with Crippen molar-refractivity contribution in [2.45, 2.75) is 57.1 Å². The van der Waals surface area contributed by atoms with Gasteiger partial charge in [-0.25, -0.2) is 13.1 Å². The molecule has 1 aliphatic carbocycles. The van der Waals surface area contributed by atoms with Gasteiger partial charge in [0, 0.05) is 18.2 Å². The molecular formula is C23H29N3O4S.